The van der Waals surface area contributed by atoms with E-state index in [4.69, 9.17) is 9.88 Å². The molecule has 0 saturated carbocycles. The molecule has 0 radical (unpaired) electrons. The van der Waals surface area contributed by atoms with Gasteiger partial charge in [-0.15, -0.1) is 0 Å². The first-order valence-electron chi connectivity index (χ1n) is 9.31. The number of hydrogen-bond donors (Lipinski definition) is 1. The van der Waals surface area contributed by atoms with E-state index in [2.05, 4.69) is 0 Å². The van der Waals surface area contributed by atoms with Crippen LogP contribution in [0.4, 0.5) is 4.39 Å². The molecule has 31 heavy (non-hydrogen) atoms. The van der Waals surface area contributed by atoms with Crippen molar-refractivity contribution in [3.63, 3.8) is 0 Å². The van der Waals surface area contributed by atoms with E-state index in [1.54, 1.807) is 36.6 Å². The number of esters is 1. The van der Waals surface area contributed by atoms with Crippen molar-refractivity contribution in [2.45, 2.75) is 25.2 Å². The summed E-state index contributed by atoms with van der Waals surface area (Å²) in [5.74, 6) is -1.36. The molecule has 0 bridgehead atoms. The molecule has 0 aliphatic heterocycles. The molecular formula is C22H21FN2O5S. The predicted octanol–water partition coefficient (Wildman–Crippen LogP) is 2.85. The van der Waals surface area contributed by atoms with E-state index in [9.17, 15) is 22.4 Å². The number of hydrogen-bond acceptors (Lipinski definition) is 5. The van der Waals surface area contributed by atoms with Gasteiger partial charge in [0.25, 0.3) is 0 Å². The smallest absolute Gasteiger partial charge is 0.310 e. The third kappa shape index (κ3) is 5.25. The van der Waals surface area contributed by atoms with Crippen molar-refractivity contribution in [2.24, 2.45) is 5.14 Å². The Kier molecular flexibility index (Phi) is 6.37. The molecule has 162 valence electrons. The van der Waals surface area contributed by atoms with Crippen LogP contribution in [-0.2, 0) is 26.0 Å². The third-order valence-electron chi connectivity index (χ3n) is 4.78. The van der Waals surface area contributed by atoms with Crippen LogP contribution in [0.15, 0.2) is 59.5 Å². The number of aromatic nitrogens is 1. The fourth-order valence-electron chi connectivity index (χ4n) is 3.27. The Morgan fingerprint density at radius 3 is 2.23 bits per heavy atom. The van der Waals surface area contributed by atoms with Gasteiger partial charge >= 0.3 is 5.97 Å². The maximum Gasteiger partial charge on any atom is 0.310 e. The Balaban J connectivity index is 1.71. The molecule has 0 aliphatic rings. The number of Topliss-reactive ketones (excluding diaryl/α,β-unsaturated/α-hetero) is 1. The standard InChI is InChI=1S/C22H21FN2O5S/c1-14-11-20(15(2)25(14)18-7-9-19(10-8-18)31(24,28)29)21(26)13-30-22(27)12-16-3-5-17(23)6-4-16/h3-11H,12-13H2,1-2H3,(H2,24,28,29). The second-order valence-corrected chi connectivity index (χ2v) is 8.61. The zero-order valence-electron chi connectivity index (χ0n) is 17.0. The highest BCUT2D eigenvalue weighted by atomic mass is 32.2. The minimum atomic E-state index is -3.80. The second kappa shape index (κ2) is 8.83. The first-order chi connectivity index (χ1) is 14.6. The van der Waals surface area contributed by atoms with Gasteiger partial charge in [-0.05, 0) is 61.9 Å². The van der Waals surface area contributed by atoms with Crippen LogP contribution in [0.5, 0.6) is 0 Å². The van der Waals surface area contributed by atoms with Gasteiger partial charge in [0.2, 0.25) is 15.8 Å². The van der Waals surface area contributed by atoms with Crippen LogP contribution in [-0.4, -0.2) is 31.3 Å². The van der Waals surface area contributed by atoms with Gasteiger partial charge in [-0.1, -0.05) is 12.1 Å². The summed E-state index contributed by atoms with van der Waals surface area (Å²) in [6.07, 6.45) is -0.0665. The molecule has 7 nitrogen and oxygen atoms in total. The highest BCUT2D eigenvalue weighted by molar-refractivity contribution is 7.89. The van der Waals surface area contributed by atoms with Gasteiger partial charge in [0, 0.05) is 22.6 Å². The topological polar surface area (TPSA) is 108 Å². The van der Waals surface area contributed by atoms with E-state index < -0.39 is 28.4 Å². The molecule has 1 heterocycles. The summed E-state index contributed by atoms with van der Waals surface area (Å²) in [7, 11) is -3.80. The number of primary sulfonamides is 1. The number of ketones is 1. The predicted molar refractivity (Wildman–Crippen MR) is 112 cm³/mol. The Hall–Kier alpha value is -3.30. The number of ether oxygens (including phenoxy) is 1. The number of aryl methyl sites for hydroxylation is 1. The van der Waals surface area contributed by atoms with Gasteiger partial charge in [-0.2, -0.15) is 0 Å². The number of halogens is 1. The fraction of sp³-hybridized carbons (Fsp3) is 0.182. The lowest BCUT2D eigenvalue weighted by atomic mass is 10.1. The molecule has 3 aromatic rings. The maximum atomic E-state index is 12.9. The van der Waals surface area contributed by atoms with E-state index in [1.807, 2.05) is 0 Å². The first-order valence-corrected chi connectivity index (χ1v) is 10.9. The molecule has 0 saturated heterocycles. The molecule has 0 atom stereocenters. The Morgan fingerprint density at radius 1 is 1.03 bits per heavy atom. The molecule has 3 rings (SSSR count). The molecule has 9 heteroatoms. The van der Waals surface area contributed by atoms with Crippen LogP contribution in [0.25, 0.3) is 5.69 Å². The second-order valence-electron chi connectivity index (χ2n) is 7.05. The van der Waals surface area contributed by atoms with Crippen LogP contribution in [0.1, 0.15) is 27.3 Å². The van der Waals surface area contributed by atoms with Crippen molar-refractivity contribution in [3.05, 3.63) is 82.9 Å². The van der Waals surface area contributed by atoms with Gasteiger partial charge in [-0.25, -0.2) is 17.9 Å². The normalized spacial score (nSPS) is 11.4. The molecule has 2 N–H and O–H groups in total. The summed E-state index contributed by atoms with van der Waals surface area (Å²) in [5.41, 5.74) is 3.01. The molecule has 0 amide bonds. The van der Waals surface area contributed by atoms with E-state index in [1.165, 1.54) is 36.4 Å². The average Bonchev–Trinajstić information content (AvgIpc) is 3.01. The van der Waals surface area contributed by atoms with E-state index >= 15 is 0 Å². The summed E-state index contributed by atoms with van der Waals surface area (Å²) < 4.78 is 42.7. The van der Waals surface area contributed by atoms with Gasteiger partial charge in [0.15, 0.2) is 6.61 Å². The SMILES string of the molecule is Cc1cc(C(=O)COC(=O)Cc2ccc(F)cc2)c(C)n1-c1ccc(S(N)(=O)=O)cc1. The number of sulfonamides is 1. The van der Waals surface area contributed by atoms with Crippen LogP contribution in [0.2, 0.25) is 0 Å². The third-order valence-corrected chi connectivity index (χ3v) is 5.71. The first kappa shape index (κ1) is 22.4. The largest absolute Gasteiger partial charge is 0.457 e. The zero-order valence-corrected chi connectivity index (χ0v) is 17.8. The van der Waals surface area contributed by atoms with Crippen molar-refractivity contribution < 1.29 is 27.1 Å². The number of nitrogens with two attached hydrogens (primary N) is 1. The molecule has 0 aliphatic carbocycles. The maximum absolute atomic E-state index is 12.9. The summed E-state index contributed by atoms with van der Waals surface area (Å²) in [5, 5.41) is 5.12. The van der Waals surface area contributed by atoms with Crippen molar-refractivity contribution in [3.8, 4) is 5.69 Å². The number of benzene rings is 2. The summed E-state index contributed by atoms with van der Waals surface area (Å²) in [6.45, 7) is 3.13. The minimum Gasteiger partial charge on any atom is -0.457 e. The van der Waals surface area contributed by atoms with Crippen molar-refractivity contribution in [2.75, 3.05) is 6.61 Å². The lowest BCUT2D eigenvalue weighted by molar-refractivity contribution is -0.141. The van der Waals surface area contributed by atoms with Crippen molar-refractivity contribution in [1.82, 2.24) is 4.57 Å². The Morgan fingerprint density at radius 2 is 1.65 bits per heavy atom. The highest BCUT2D eigenvalue weighted by Crippen LogP contribution is 2.22. The highest BCUT2D eigenvalue weighted by Gasteiger charge is 2.19. The summed E-state index contributed by atoms with van der Waals surface area (Å²) in [6, 6.07) is 13.1. The minimum absolute atomic E-state index is 0.0110. The van der Waals surface area contributed by atoms with Gasteiger partial charge in [-0.3, -0.25) is 9.59 Å². The molecule has 0 spiro atoms. The Bertz CT molecular complexity index is 1230. The summed E-state index contributed by atoms with van der Waals surface area (Å²) >= 11 is 0. The molecule has 1 aromatic heterocycles. The average molecular weight is 444 g/mol. The van der Waals surface area contributed by atoms with Crippen molar-refractivity contribution in [1.29, 1.82) is 0 Å². The number of nitrogens with zero attached hydrogens (tertiary/aromatic N) is 1. The van der Waals surface area contributed by atoms with Gasteiger partial charge in [0.1, 0.15) is 5.82 Å². The van der Waals surface area contributed by atoms with Gasteiger partial charge in [0.05, 0.1) is 11.3 Å². The van der Waals surface area contributed by atoms with Crippen LogP contribution in [0.3, 0.4) is 0 Å². The Labute approximate surface area is 179 Å². The number of rotatable bonds is 7. The fourth-order valence-corrected chi connectivity index (χ4v) is 3.79. The quantitative estimate of drug-likeness (QED) is 0.445. The number of carbonyl (C=O) groups is 2. The van der Waals surface area contributed by atoms with E-state index in [0.717, 1.165) is 5.69 Å². The van der Waals surface area contributed by atoms with Crippen LogP contribution < -0.4 is 5.14 Å². The van der Waals surface area contributed by atoms with Crippen LogP contribution >= 0.6 is 0 Å². The number of carbonyl (C=O) groups excluding carboxylic acids is 2. The molecule has 0 unspecified atom stereocenters. The van der Waals surface area contributed by atoms with Gasteiger partial charge < -0.3 is 9.30 Å². The summed E-state index contributed by atoms with van der Waals surface area (Å²) in [4.78, 5) is 24.6. The zero-order chi connectivity index (χ0) is 22.8. The molecular weight excluding hydrogens is 423 g/mol. The lowest BCUT2D eigenvalue weighted by Crippen LogP contribution is -2.16. The molecule has 2 aromatic carbocycles. The van der Waals surface area contributed by atoms with E-state index in [-0.39, 0.29) is 17.1 Å². The van der Waals surface area contributed by atoms with E-state index in [0.29, 0.717) is 22.5 Å². The van der Waals surface area contributed by atoms with Crippen LogP contribution in [0, 0.1) is 19.7 Å². The molecule has 0 fully saturated rings. The lowest BCUT2D eigenvalue weighted by Gasteiger charge is -2.10. The van der Waals surface area contributed by atoms with Crippen molar-refractivity contribution >= 4 is 21.8 Å². The monoisotopic (exact) mass is 444 g/mol.